The minimum atomic E-state index is -4.37. The second-order valence-corrected chi connectivity index (χ2v) is 6.99. The fourth-order valence-corrected chi connectivity index (χ4v) is 2.92. The molecule has 0 amide bonds. The summed E-state index contributed by atoms with van der Waals surface area (Å²) in [6.45, 7) is 3.93. The number of hydrogen-bond donors (Lipinski definition) is 1. The van der Waals surface area contributed by atoms with E-state index in [1.165, 1.54) is 17.8 Å². The Hall–Kier alpha value is -2.28. The molecule has 0 radical (unpaired) electrons. The molecule has 0 fully saturated rings. The van der Waals surface area contributed by atoms with E-state index >= 15 is 0 Å². The zero-order valence-corrected chi connectivity index (χ0v) is 14.7. The average Bonchev–Trinajstić information content (AvgIpc) is 2.86. The Morgan fingerprint density at radius 2 is 1.88 bits per heavy atom. The lowest BCUT2D eigenvalue weighted by molar-refractivity contribution is -0.154. The molecule has 1 aromatic heterocycles. The number of benzene rings is 1. The summed E-state index contributed by atoms with van der Waals surface area (Å²) in [6.07, 6.45) is -2.06. The molecule has 1 aromatic carbocycles. The van der Waals surface area contributed by atoms with E-state index in [1.54, 1.807) is 6.07 Å². The van der Waals surface area contributed by atoms with Crippen molar-refractivity contribution < 1.29 is 22.6 Å². The van der Waals surface area contributed by atoms with E-state index in [1.807, 2.05) is 12.1 Å². The summed E-state index contributed by atoms with van der Waals surface area (Å²) < 4.78 is 47.1. The lowest BCUT2D eigenvalue weighted by Crippen LogP contribution is -2.24. The minimum Gasteiger partial charge on any atom is -0.487 e. The molecule has 1 N–H and O–H groups in total. The van der Waals surface area contributed by atoms with E-state index in [2.05, 4.69) is 35.0 Å². The summed E-state index contributed by atoms with van der Waals surface area (Å²) in [5.41, 5.74) is 2.97. The third-order valence-corrected chi connectivity index (χ3v) is 3.97. The van der Waals surface area contributed by atoms with Crippen LogP contribution in [-0.4, -0.2) is 23.4 Å². The molecular formula is C19H21F3N2O2. The molecule has 0 aliphatic carbocycles. The highest BCUT2D eigenvalue weighted by molar-refractivity contribution is 5.41. The predicted molar refractivity (Wildman–Crippen MR) is 91.2 cm³/mol. The molecule has 0 unspecified atom stereocenters. The number of nitrogens with zero attached hydrogens (tertiary/aromatic N) is 1. The van der Waals surface area contributed by atoms with Crippen molar-refractivity contribution >= 4 is 0 Å². The molecule has 3 rings (SSSR count). The van der Waals surface area contributed by atoms with Gasteiger partial charge in [-0.1, -0.05) is 12.1 Å². The molecule has 1 aliphatic heterocycles. The second-order valence-electron chi connectivity index (χ2n) is 6.99. The Morgan fingerprint density at radius 1 is 1.15 bits per heavy atom. The Balaban J connectivity index is 1.53. The van der Waals surface area contributed by atoms with Crippen molar-refractivity contribution in [3.63, 3.8) is 0 Å². The fourth-order valence-electron chi connectivity index (χ4n) is 2.92. The van der Waals surface area contributed by atoms with Gasteiger partial charge in [0.1, 0.15) is 11.4 Å². The van der Waals surface area contributed by atoms with Crippen LogP contribution >= 0.6 is 0 Å². The van der Waals surface area contributed by atoms with E-state index in [4.69, 9.17) is 4.74 Å². The number of nitrogens with one attached hydrogen (secondary N) is 1. The molecule has 1 aliphatic rings. The summed E-state index contributed by atoms with van der Waals surface area (Å²) in [7, 11) is 0. The highest BCUT2D eigenvalue weighted by atomic mass is 19.4. The normalized spacial score (nSPS) is 15.4. The molecule has 2 heterocycles. The lowest BCUT2D eigenvalue weighted by Gasteiger charge is -2.16. The predicted octanol–water partition coefficient (Wildman–Crippen LogP) is 4.03. The molecule has 140 valence electrons. The zero-order valence-electron chi connectivity index (χ0n) is 14.7. The SMILES string of the molecule is CC1(C)Cc2cc(CNCc3ccnc(OCC(F)(F)F)c3)ccc2O1. The number of aromatic nitrogens is 1. The van der Waals surface area contributed by atoms with Crippen LogP contribution in [0.5, 0.6) is 11.6 Å². The van der Waals surface area contributed by atoms with Gasteiger partial charge in [0.15, 0.2) is 6.61 Å². The van der Waals surface area contributed by atoms with Gasteiger partial charge in [0.05, 0.1) is 0 Å². The van der Waals surface area contributed by atoms with E-state index in [9.17, 15) is 13.2 Å². The minimum absolute atomic E-state index is 0.0291. The molecule has 0 bridgehead atoms. The van der Waals surface area contributed by atoms with Gasteiger partial charge in [-0.25, -0.2) is 4.98 Å². The largest absolute Gasteiger partial charge is 0.487 e. The van der Waals surface area contributed by atoms with Crippen molar-refractivity contribution in [1.82, 2.24) is 10.3 Å². The van der Waals surface area contributed by atoms with E-state index in [-0.39, 0.29) is 11.5 Å². The molecule has 2 aromatic rings. The Bertz CT molecular complexity index is 776. The maximum absolute atomic E-state index is 12.2. The average molecular weight is 366 g/mol. The van der Waals surface area contributed by atoms with Gasteiger partial charge in [-0.15, -0.1) is 0 Å². The first-order valence-electron chi connectivity index (χ1n) is 8.36. The molecule has 26 heavy (non-hydrogen) atoms. The first-order chi connectivity index (χ1) is 12.2. The van der Waals surface area contributed by atoms with Gasteiger partial charge in [-0.2, -0.15) is 13.2 Å². The molecule has 0 spiro atoms. The highest BCUT2D eigenvalue weighted by Crippen LogP contribution is 2.35. The van der Waals surface area contributed by atoms with Crippen LogP contribution < -0.4 is 14.8 Å². The number of rotatable bonds is 6. The second kappa shape index (κ2) is 7.15. The monoisotopic (exact) mass is 366 g/mol. The first kappa shape index (κ1) is 18.5. The Labute approximate surface area is 150 Å². The maximum Gasteiger partial charge on any atom is 0.422 e. The van der Waals surface area contributed by atoms with Crippen LogP contribution in [0.15, 0.2) is 36.5 Å². The molecule has 0 saturated carbocycles. The molecule has 0 saturated heterocycles. The summed E-state index contributed by atoms with van der Waals surface area (Å²) in [5, 5.41) is 3.28. The van der Waals surface area contributed by atoms with Gasteiger partial charge < -0.3 is 14.8 Å². The van der Waals surface area contributed by atoms with Crippen molar-refractivity contribution in [2.75, 3.05) is 6.61 Å². The molecule has 7 heteroatoms. The van der Waals surface area contributed by atoms with Gasteiger partial charge in [0, 0.05) is 31.8 Å². The lowest BCUT2D eigenvalue weighted by atomic mass is 10.0. The van der Waals surface area contributed by atoms with Crippen molar-refractivity contribution in [3.8, 4) is 11.6 Å². The van der Waals surface area contributed by atoms with Crippen LogP contribution in [0.25, 0.3) is 0 Å². The van der Waals surface area contributed by atoms with E-state index in [0.717, 1.165) is 23.3 Å². The fraction of sp³-hybridized carbons (Fsp3) is 0.421. The number of alkyl halides is 3. The van der Waals surface area contributed by atoms with Gasteiger partial charge in [0.2, 0.25) is 5.88 Å². The van der Waals surface area contributed by atoms with Gasteiger partial charge in [-0.3, -0.25) is 0 Å². The van der Waals surface area contributed by atoms with Crippen molar-refractivity contribution in [2.24, 2.45) is 0 Å². The van der Waals surface area contributed by atoms with Crippen LogP contribution in [-0.2, 0) is 19.5 Å². The maximum atomic E-state index is 12.2. The quantitative estimate of drug-likeness (QED) is 0.838. The third kappa shape index (κ3) is 5.11. The molecule has 4 nitrogen and oxygen atoms in total. The van der Waals surface area contributed by atoms with Crippen molar-refractivity contribution in [1.29, 1.82) is 0 Å². The van der Waals surface area contributed by atoms with Crippen LogP contribution in [0.1, 0.15) is 30.5 Å². The van der Waals surface area contributed by atoms with Gasteiger partial charge in [0.25, 0.3) is 0 Å². The number of ether oxygens (including phenoxy) is 2. The number of pyridine rings is 1. The smallest absolute Gasteiger partial charge is 0.422 e. The molecular weight excluding hydrogens is 345 g/mol. The number of fused-ring (bicyclic) bond motifs is 1. The number of halogens is 3. The van der Waals surface area contributed by atoms with Crippen LogP contribution in [0.4, 0.5) is 13.2 Å². The van der Waals surface area contributed by atoms with Gasteiger partial charge >= 0.3 is 6.18 Å². The Morgan fingerprint density at radius 3 is 2.62 bits per heavy atom. The summed E-state index contributed by atoms with van der Waals surface area (Å²) in [5.74, 6) is 0.901. The van der Waals surface area contributed by atoms with Crippen molar-refractivity contribution in [2.45, 2.75) is 45.1 Å². The van der Waals surface area contributed by atoms with Crippen LogP contribution in [0.3, 0.4) is 0 Å². The van der Waals surface area contributed by atoms with Crippen LogP contribution in [0.2, 0.25) is 0 Å². The van der Waals surface area contributed by atoms with Gasteiger partial charge in [-0.05, 0) is 42.7 Å². The first-order valence-corrected chi connectivity index (χ1v) is 8.36. The number of hydrogen-bond acceptors (Lipinski definition) is 4. The summed E-state index contributed by atoms with van der Waals surface area (Å²) in [4.78, 5) is 3.80. The topological polar surface area (TPSA) is 43.4 Å². The summed E-state index contributed by atoms with van der Waals surface area (Å²) in [6, 6.07) is 9.38. The Kier molecular flexibility index (Phi) is 5.09. The van der Waals surface area contributed by atoms with E-state index in [0.29, 0.717) is 13.1 Å². The van der Waals surface area contributed by atoms with Crippen LogP contribution in [0, 0.1) is 0 Å². The third-order valence-electron chi connectivity index (χ3n) is 3.97. The summed E-state index contributed by atoms with van der Waals surface area (Å²) >= 11 is 0. The van der Waals surface area contributed by atoms with Crippen molar-refractivity contribution in [3.05, 3.63) is 53.2 Å². The van der Waals surface area contributed by atoms with E-state index < -0.39 is 12.8 Å². The molecule has 0 atom stereocenters. The zero-order chi connectivity index (χ0) is 18.8. The standard InChI is InChI=1S/C19H21F3N2O2/c1-18(2)9-15-7-13(3-4-16(15)26-18)10-23-11-14-5-6-24-17(8-14)25-12-19(20,21)22/h3-8,23H,9-12H2,1-2H3. The highest BCUT2D eigenvalue weighted by Gasteiger charge is 2.30.